The first-order chi connectivity index (χ1) is 6.15. The summed E-state index contributed by atoms with van der Waals surface area (Å²) in [4.78, 5) is 10.5. The summed E-state index contributed by atoms with van der Waals surface area (Å²) in [7, 11) is 0. The van der Waals surface area contributed by atoms with E-state index in [0.29, 0.717) is 6.61 Å². The molecule has 0 saturated carbocycles. The Kier molecular flexibility index (Phi) is 2.84. The largest absolute Gasteiger partial charge is 0.491 e. The number of carbonyl (C=O) groups is 1. The van der Waals surface area contributed by atoms with Gasteiger partial charge in [-0.3, -0.25) is 0 Å². The topological polar surface area (TPSA) is 46.5 Å². The minimum absolute atomic E-state index is 0.0184. The van der Waals surface area contributed by atoms with Crippen molar-refractivity contribution < 1.29 is 19.0 Å². The van der Waals surface area contributed by atoms with Gasteiger partial charge in [0.15, 0.2) is 11.6 Å². The highest BCUT2D eigenvalue weighted by Gasteiger charge is 2.08. The Bertz CT molecular complexity index is 323. The third-order valence-corrected chi connectivity index (χ3v) is 1.48. The number of carboxylic acids is 1. The van der Waals surface area contributed by atoms with Crippen molar-refractivity contribution in [3.63, 3.8) is 0 Å². The maximum absolute atomic E-state index is 12.9. The van der Waals surface area contributed by atoms with E-state index in [2.05, 4.69) is 0 Å². The minimum atomic E-state index is -1.10. The van der Waals surface area contributed by atoms with Gasteiger partial charge in [-0.15, -0.1) is 0 Å². The van der Waals surface area contributed by atoms with Crippen LogP contribution in [0.2, 0.25) is 0 Å². The van der Waals surface area contributed by atoms with Crippen LogP contribution >= 0.6 is 0 Å². The summed E-state index contributed by atoms with van der Waals surface area (Å²) in [6, 6.07) is 3.44. The van der Waals surface area contributed by atoms with Crippen LogP contribution in [0.5, 0.6) is 5.75 Å². The maximum Gasteiger partial charge on any atom is 0.335 e. The number of hydrogen-bond donors (Lipinski definition) is 1. The molecule has 0 fully saturated rings. The van der Waals surface area contributed by atoms with E-state index in [1.54, 1.807) is 6.92 Å². The van der Waals surface area contributed by atoms with Crippen molar-refractivity contribution in [2.45, 2.75) is 6.92 Å². The second-order valence-electron chi connectivity index (χ2n) is 2.38. The predicted molar refractivity (Wildman–Crippen MR) is 44.5 cm³/mol. The van der Waals surface area contributed by atoms with E-state index in [9.17, 15) is 9.18 Å². The average molecular weight is 184 g/mol. The second-order valence-corrected chi connectivity index (χ2v) is 2.38. The van der Waals surface area contributed by atoms with E-state index in [1.165, 1.54) is 12.1 Å². The number of rotatable bonds is 3. The average Bonchev–Trinajstić information content (AvgIpc) is 2.08. The minimum Gasteiger partial charge on any atom is -0.491 e. The number of benzene rings is 1. The third kappa shape index (κ3) is 2.18. The molecule has 0 aliphatic carbocycles. The Morgan fingerprint density at radius 1 is 1.62 bits per heavy atom. The van der Waals surface area contributed by atoms with Crippen molar-refractivity contribution in [3.8, 4) is 5.75 Å². The van der Waals surface area contributed by atoms with Gasteiger partial charge in [-0.05, 0) is 25.1 Å². The molecule has 0 aliphatic rings. The molecule has 13 heavy (non-hydrogen) atoms. The predicted octanol–water partition coefficient (Wildman–Crippen LogP) is 1.92. The van der Waals surface area contributed by atoms with E-state index < -0.39 is 11.8 Å². The Labute approximate surface area is 74.8 Å². The van der Waals surface area contributed by atoms with Crippen molar-refractivity contribution in [1.29, 1.82) is 0 Å². The molecule has 0 bridgehead atoms. The lowest BCUT2D eigenvalue weighted by Gasteiger charge is -2.04. The van der Waals surface area contributed by atoms with E-state index in [-0.39, 0.29) is 11.3 Å². The third-order valence-electron chi connectivity index (χ3n) is 1.48. The Balaban J connectivity index is 3.03. The molecular formula is C9H9FO3. The van der Waals surface area contributed by atoms with Gasteiger partial charge in [0.1, 0.15) is 0 Å². The summed E-state index contributed by atoms with van der Waals surface area (Å²) < 4.78 is 17.8. The lowest BCUT2D eigenvalue weighted by Crippen LogP contribution is -2.00. The molecule has 3 nitrogen and oxygen atoms in total. The number of carboxylic acid groups (broad SMARTS) is 1. The van der Waals surface area contributed by atoms with Gasteiger partial charge in [0.2, 0.25) is 0 Å². The van der Waals surface area contributed by atoms with Gasteiger partial charge in [0, 0.05) is 0 Å². The SMILES string of the molecule is CCOc1cc(C(=O)O)ccc1F. The number of aromatic carboxylic acids is 1. The van der Waals surface area contributed by atoms with Crippen molar-refractivity contribution in [1.82, 2.24) is 0 Å². The molecule has 1 rings (SSSR count). The fraction of sp³-hybridized carbons (Fsp3) is 0.222. The molecule has 0 atom stereocenters. The Morgan fingerprint density at radius 2 is 2.31 bits per heavy atom. The number of halogens is 1. The van der Waals surface area contributed by atoms with Crippen LogP contribution in [0.4, 0.5) is 4.39 Å². The zero-order valence-corrected chi connectivity index (χ0v) is 7.08. The summed E-state index contributed by atoms with van der Waals surface area (Å²) >= 11 is 0. The normalized spacial score (nSPS) is 9.69. The Hall–Kier alpha value is -1.58. The van der Waals surface area contributed by atoms with E-state index in [1.807, 2.05) is 0 Å². The van der Waals surface area contributed by atoms with Gasteiger partial charge in [-0.2, -0.15) is 0 Å². The molecule has 1 aromatic carbocycles. The van der Waals surface area contributed by atoms with Gasteiger partial charge in [-0.1, -0.05) is 0 Å². The molecule has 70 valence electrons. The standard InChI is InChI=1S/C9H9FO3/c1-2-13-8-5-6(9(11)12)3-4-7(8)10/h3-5H,2H2,1H3,(H,11,12). The number of hydrogen-bond acceptors (Lipinski definition) is 2. The molecule has 0 amide bonds. The summed E-state index contributed by atoms with van der Waals surface area (Å²) in [6.07, 6.45) is 0. The fourth-order valence-electron chi connectivity index (χ4n) is 0.903. The van der Waals surface area contributed by atoms with Crippen molar-refractivity contribution in [2.75, 3.05) is 6.61 Å². The highest BCUT2D eigenvalue weighted by molar-refractivity contribution is 5.88. The fourth-order valence-corrected chi connectivity index (χ4v) is 0.903. The van der Waals surface area contributed by atoms with Gasteiger partial charge in [0.05, 0.1) is 12.2 Å². The Morgan fingerprint density at radius 3 is 2.85 bits per heavy atom. The molecule has 4 heteroatoms. The van der Waals surface area contributed by atoms with Crippen LogP contribution in [0.25, 0.3) is 0 Å². The van der Waals surface area contributed by atoms with Crippen LogP contribution in [0.15, 0.2) is 18.2 Å². The van der Waals surface area contributed by atoms with Gasteiger partial charge in [-0.25, -0.2) is 9.18 Å². The zero-order chi connectivity index (χ0) is 9.84. The molecule has 0 spiro atoms. The summed E-state index contributed by atoms with van der Waals surface area (Å²) in [5.74, 6) is -1.67. The quantitative estimate of drug-likeness (QED) is 0.780. The monoisotopic (exact) mass is 184 g/mol. The van der Waals surface area contributed by atoms with Crippen LogP contribution < -0.4 is 4.74 Å². The first-order valence-electron chi connectivity index (χ1n) is 3.80. The summed E-state index contributed by atoms with van der Waals surface area (Å²) in [5, 5.41) is 8.59. The summed E-state index contributed by atoms with van der Waals surface area (Å²) in [6.45, 7) is 2.01. The maximum atomic E-state index is 12.9. The van der Waals surface area contributed by atoms with Gasteiger partial charge in [0.25, 0.3) is 0 Å². The molecule has 0 aromatic heterocycles. The van der Waals surface area contributed by atoms with Crippen LogP contribution in [0, 0.1) is 5.82 Å². The lowest BCUT2D eigenvalue weighted by molar-refractivity contribution is 0.0696. The van der Waals surface area contributed by atoms with E-state index >= 15 is 0 Å². The summed E-state index contributed by atoms with van der Waals surface area (Å²) in [5.41, 5.74) is 0.0184. The van der Waals surface area contributed by atoms with Crippen LogP contribution in [-0.2, 0) is 0 Å². The van der Waals surface area contributed by atoms with Crippen LogP contribution in [0.1, 0.15) is 17.3 Å². The number of ether oxygens (including phenoxy) is 1. The molecule has 0 radical (unpaired) electrons. The zero-order valence-electron chi connectivity index (χ0n) is 7.08. The molecule has 1 N–H and O–H groups in total. The van der Waals surface area contributed by atoms with E-state index in [4.69, 9.17) is 9.84 Å². The highest BCUT2D eigenvalue weighted by Crippen LogP contribution is 2.18. The van der Waals surface area contributed by atoms with E-state index in [0.717, 1.165) is 6.07 Å². The van der Waals surface area contributed by atoms with Crippen LogP contribution in [0.3, 0.4) is 0 Å². The van der Waals surface area contributed by atoms with Crippen molar-refractivity contribution in [2.24, 2.45) is 0 Å². The van der Waals surface area contributed by atoms with Crippen LogP contribution in [-0.4, -0.2) is 17.7 Å². The molecule has 0 aliphatic heterocycles. The van der Waals surface area contributed by atoms with Gasteiger partial charge >= 0.3 is 5.97 Å². The lowest BCUT2D eigenvalue weighted by atomic mass is 10.2. The van der Waals surface area contributed by atoms with Crippen molar-refractivity contribution in [3.05, 3.63) is 29.6 Å². The molecule has 0 saturated heterocycles. The smallest absolute Gasteiger partial charge is 0.335 e. The molecule has 0 unspecified atom stereocenters. The van der Waals surface area contributed by atoms with Crippen molar-refractivity contribution >= 4 is 5.97 Å². The second kappa shape index (κ2) is 3.89. The highest BCUT2D eigenvalue weighted by atomic mass is 19.1. The molecule has 0 heterocycles. The molecular weight excluding hydrogens is 175 g/mol. The molecule has 1 aromatic rings. The van der Waals surface area contributed by atoms with Gasteiger partial charge < -0.3 is 9.84 Å². The first-order valence-corrected chi connectivity index (χ1v) is 3.80. The first kappa shape index (κ1) is 9.51.